The average Bonchev–Trinajstić information content (AvgIpc) is 2.63. The van der Waals surface area contributed by atoms with E-state index in [1.807, 2.05) is 0 Å². The van der Waals surface area contributed by atoms with Gasteiger partial charge in [-0.25, -0.2) is 4.79 Å². The molecule has 0 aliphatic heterocycles. The molecule has 0 saturated heterocycles. The van der Waals surface area contributed by atoms with Crippen LogP contribution in [0, 0.1) is 5.92 Å². The van der Waals surface area contributed by atoms with E-state index < -0.39 is 24.3 Å². The van der Waals surface area contributed by atoms with Crippen LogP contribution in [0.3, 0.4) is 0 Å². The van der Waals surface area contributed by atoms with Crippen LogP contribution in [0.2, 0.25) is 0 Å². The summed E-state index contributed by atoms with van der Waals surface area (Å²) in [7, 11) is 0. The molecule has 2 amide bonds. The van der Waals surface area contributed by atoms with Crippen molar-refractivity contribution in [2.75, 3.05) is 0 Å². The third-order valence-electron chi connectivity index (χ3n) is 2.86. The van der Waals surface area contributed by atoms with E-state index in [0.29, 0.717) is 12.8 Å². The zero-order chi connectivity index (χ0) is 13.0. The van der Waals surface area contributed by atoms with Crippen LogP contribution in [-0.2, 0) is 14.4 Å². The average molecular weight is 243 g/mol. The van der Waals surface area contributed by atoms with Gasteiger partial charge >= 0.3 is 5.97 Å². The van der Waals surface area contributed by atoms with Gasteiger partial charge in [-0.15, -0.1) is 0 Å². The summed E-state index contributed by atoms with van der Waals surface area (Å²) in [5.41, 5.74) is 10.6. The SMILES string of the molecule is NC(=O)CC(NC(=O)C1CCC(N)C1)C(=O)O. The number of aliphatic carboxylic acids is 1. The van der Waals surface area contributed by atoms with E-state index in [9.17, 15) is 14.4 Å². The quantitative estimate of drug-likeness (QED) is 0.469. The first kappa shape index (κ1) is 13.4. The summed E-state index contributed by atoms with van der Waals surface area (Å²) in [6.45, 7) is 0. The fraction of sp³-hybridized carbons (Fsp3) is 0.700. The minimum absolute atomic E-state index is 0.00910. The molecule has 17 heavy (non-hydrogen) atoms. The highest BCUT2D eigenvalue weighted by atomic mass is 16.4. The standard InChI is InChI=1S/C10H17N3O4/c11-6-2-1-5(3-6)9(15)13-7(10(16)17)4-8(12)14/h5-7H,1-4,11H2,(H2,12,14)(H,13,15)(H,16,17). The fourth-order valence-corrected chi connectivity index (χ4v) is 1.95. The Morgan fingerprint density at radius 1 is 1.35 bits per heavy atom. The summed E-state index contributed by atoms with van der Waals surface area (Å²) in [4.78, 5) is 33.2. The molecule has 0 radical (unpaired) electrons. The van der Waals surface area contributed by atoms with Crippen LogP contribution >= 0.6 is 0 Å². The van der Waals surface area contributed by atoms with Crippen molar-refractivity contribution in [3.8, 4) is 0 Å². The Hall–Kier alpha value is -1.63. The van der Waals surface area contributed by atoms with Crippen molar-refractivity contribution in [1.29, 1.82) is 0 Å². The molecule has 0 aromatic rings. The number of hydrogen-bond acceptors (Lipinski definition) is 4. The van der Waals surface area contributed by atoms with Crippen LogP contribution in [0.25, 0.3) is 0 Å². The summed E-state index contributed by atoms with van der Waals surface area (Å²) in [5, 5.41) is 11.1. The highest BCUT2D eigenvalue weighted by Gasteiger charge is 2.31. The van der Waals surface area contributed by atoms with Gasteiger partial charge in [0.2, 0.25) is 11.8 Å². The van der Waals surface area contributed by atoms with Crippen LogP contribution in [0.15, 0.2) is 0 Å². The molecule has 6 N–H and O–H groups in total. The van der Waals surface area contributed by atoms with E-state index in [-0.39, 0.29) is 17.9 Å². The monoisotopic (exact) mass is 243 g/mol. The van der Waals surface area contributed by atoms with Gasteiger partial charge in [-0.2, -0.15) is 0 Å². The van der Waals surface area contributed by atoms with Crippen LogP contribution in [0.1, 0.15) is 25.7 Å². The molecule has 0 heterocycles. The molecule has 1 saturated carbocycles. The number of carboxylic acid groups (broad SMARTS) is 1. The van der Waals surface area contributed by atoms with Crippen molar-refractivity contribution in [2.45, 2.75) is 37.8 Å². The van der Waals surface area contributed by atoms with Crippen LogP contribution < -0.4 is 16.8 Å². The Labute approximate surface area is 98.5 Å². The smallest absolute Gasteiger partial charge is 0.326 e. The van der Waals surface area contributed by atoms with Crippen molar-refractivity contribution in [1.82, 2.24) is 5.32 Å². The van der Waals surface area contributed by atoms with Crippen molar-refractivity contribution in [2.24, 2.45) is 17.4 Å². The number of carbonyl (C=O) groups is 3. The molecule has 3 unspecified atom stereocenters. The molecular weight excluding hydrogens is 226 g/mol. The first-order valence-corrected chi connectivity index (χ1v) is 5.47. The van der Waals surface area contributed by atoms with E-state index in [1.165, 1.54) is 0 Å². The number of amides is 2. The molecule has 0 spiro atoms. The van der Waals surface area contributed by atoms with Gasteiger partial charge in [0.25, 0.3) is 0 Å². The van der Waals surface area contributed by atoms with Crippen LogP contribution in [0.4, 0.5) is 0 Å². The second kappa shape index (κ2) is 5.62. The number of carbonyl (C=O) groups excluding carboxylic acids is 2. The number of nitrogens with two attached hydrogens (primary N) is 2. The Kier molecular flexibility index (Phi) is 4.45. The maximum atomic E-state index is 11.7. The third-order valence-corrected chi connectivity index (χ3v) is 2.86. The van der Waals surface area contributed by atoms with Crippen LogP contribution in [-0.4, -0.2) is 35.0 Å². The predicted molar refractivity (Wildman–Crippen MR) is 58.7 cm³/mol. The predicted octanol–water partition coefficient (Wildman–Crippen LogP) is -1.44. The molecule has 1 fully saturated rings. The van der Waals surface area contributed by atoms with E-state index in [4.69, 9.17) is 16.6 Å². The van der Waals surface area contributed by atoms with Gasteiger partial charge in [-0.1, -0.05) is 0 Å². The minimum Gasteiger partial charge on any atom is -0.480 e. The van der Waals surface area contributed by atoms with Crippen LogP contribution in [0.5, 0.6) is 0 Å². The number of rotatable bonds is 5. The molecule has 1 rings (SSSR count). The normalized spacial score (nSPS) is 25.2. The number of carboxylic acids is 1. The van der Waals surface area contributed by atoms with E-state index in [2.05, 4.69) is 5.32 Å². The lowest BCUT2D eigenvalue weighted by Crippen LogP contribution is -2.45. The molecule has 0 bridgehead atoms. The second-order valence-electron chi connectivity index (χ2n) is 4.34. The van der Waals surface area contributed by atoms with E-state index in [0.717, 1.165) is 6.42 Å². The first-order valence-electron chi connectivity index (χ1n) is 5.47. The lowest BCUT2D eigenvalue weighted by Gasteiger charge is -2.16. The number of nitrogens with one attached hydrogen (secondary N) is 1. The maximum absolute atomic E-state index is 11.7. The number of hydrogen-bond donors (Lipinski definition) is 4. The molecule has 1 aliphatic carbocycles. The molecule has 7 nitrogen and oxygen atoms in total. The Morgan fingerprint density at radius 3 is 2.41 bits per heavy atom. The maximum Gasteiger partial charge on any atom is 0.326 e. The first-order chi connectivity index (χ1) is 7.90. The van der Waals surface area contributed by atoms with Gasteiger partial charge in [-0.05, 0) is 19.3 Å². The van der Waals surface area contributed by atoms with Crippen molar-refractivity contribution in [3.05, 3.63) is 0 Å². The molecule has 3 atom stereocenters. The highest BCUT2D eigenvalue weighted by Crippen LogP contribution is 2.24. The summed E-state index contributed by atoms with van der Waals surface area (Å²) >= 11 is 0. The van der Waals surface area contributed by atoms with E-state index in [1.54, 1.807) is 0 Å². The summed E-state index contributed by atoms with van der Waals surface area (Å²) in [6, 6.07) is -1.26. The zero-order valence-electron chi connectivity index (χ0n) is 9.39. The van der Waals surface area contributed by atoms with Crippen molar-refractivity contribution >= 4 is 17.8 Å². The molecule has 0 aromatic carbocycles. The van der Waals surface area contributed by atoms with E-state index >= 15 is 0 Å². The lowest BCUT2D eigenvalue weighted by molar-refractivity contribution is -0.143. The summed E-state index contributed by atoms with van der Waals surface area (Å²) < 4.78 is 0. The summed E-state index contributed by atoms with van der Waals surface area (Å²) in [6.07, 6.45) is 1.55. The molecule has 0 aromatic heterocycles. The van der Waals surface area contributed by atoms with Crippen molar-refractivity contribution < 1.29 is 19.5 Å². The molecule has 96 valence electrons. The summed E-state index contributed by atoms with van der Waals surface area (Å²) in [5.74, 6) is -2.66. The van der Waals surface area contributed by atoms with Gasteiger partial charge in [0, 0.05) is 12.0 Å². The number of primary amides is 1. The Bertz CT molecular complexity index is 332. The van der Waals surface area contributed by atoms with Gasteiger partial charge in [0.1, 0.15) is 6.04 Å². The molecule has 7 heteroatoms. The largest absolute Gasteiger partial charge is 0.480 e. The zero-order valence-corrected chi connectivity index (χ0v) is 9.39. The Morgan fingerprint density at radius 2 is 2.00 bits per heavy atom. The van der Waals surface area contributed by atoms with Gasteiger partial charge in [-0.3, -0.25) is 9.59 Å². The van der Waals surface area contributed by atoms with Gasteiger partial charge < -0.3 is 21.9 Å². The lowest BCUT2D eigenvalue weighted by atomic mass is 10.1. The second-order valence-corrected chi connectivity index (χ2v) is 4.34. The van der Waals surface area contributed by atoms with Gasteiger partial charge in [0.05, 0.1) is 6.42 Å². The van der Waals surface area contributed by atoms with Gasteiger partial charge in [0.15, 0.2) is 0 Å². The Balaban J connectivity index is 2.52. The highest BCUT2D eigenvalue weighted by molar-refractivity contribution is 5.89. The topological polar surface area (TPSA) is 136 Å². The third kappa shape index (κ3) is 4.03. The molecular formula is C10H17N3O4. The fourth-order valence-electron chi connectivity index (χ4n) is 1.95. The van der Waals surface area contributed by atoms with Crippen molar-refractivity contribution in [3.63, 3.8) is 0 Å². The minimum atomic E-state index is -1.26. The molecule has 1 aliphatic rings.